The van der Waals surface area contributed by atoms with E-state index < -0.39 is 23.8 Å². The van der Waals surface area contributed by atoms with Crippen LogP contribution in [0.25, 0.3) is 97.0 Å². The number of carbonyl (C=O) groups excluding carboxylic acids is 3. The van der Waals surface area contributed by atoms with E-state index in [1.165, 1.54) is 128 Å². The summed E-state index contributed by atoms with van der Waals surface area (Å²) < 4.78 is 23.7. The zero-order valence-electron chi connectivity index (χ0n) is 61.3. The van der Waals surface area contributed by atoms with Crippen LogP contribution in [0.15, 0.2) is 252 Å². The van der Waals surface area contributed by atoms with Crippen LogP contribution in [-0.4, -0.2) is 71.8 Å². The van der Waals surface area contributed by atoms with Gasteiger partial charge in [-0.05, 0) is 311 Å². The van der Waals surface area contributed by atoms with Crippen molar-refractivity contribution in [3.63, 3.8) is 0 Å². The molecule has 0 aliphatic heterocycles. The number of hydrazine groups is 3. The Hall–Kier alpha value is -9.01. The molecular weight excluding hydrogens is 1630 g/mol. The second kappa shape index (κ2) is 34.2. The van der Waals surface area contributed by atoms with Crippen molar-refractivity contribution in [3.8, 4) is 17.2 Å². The van der Waals surface area contributed by atoms with Gasteiger partial charge in [0.2, 0.25) is 34.8 Å². The van der Waals surface area contributed by atoms with Crippen LogP contribution in [0.1, 0.15) is 71.9 Å². The molecule has 0 aliphatic rings. The molecule has 0 aliphatic carbocycles. The molecule has 0 radical (unpaired) electrons. The summed E-state index contributed by atoms with van der Waals surface area (Å²) in [7, 11) is 4.90. The number of halogens is 3. The number of nitrogens with zero attached hydrogens (tertiary/aromatic N) is 6. The molecule has 0 saturated carbocycles. The third-order valence-electron chi connectivity index (χ3n) is 19.9. The Bertz CT molecular complexity index is 5760. The van der Waals surface area contributed by atoms with Crippen LogP contribution in [0.5, 0.6) is 17.2 Å². The zero-order valence-corrected chi connectivity index (χ0v) is 70.4. The second-order valence-electron chi connectivity index (χ2n) is 27.4. The van der Waals surface area contributed by atoms with Gasteiger partial charge in [-0.3, -0.25) is 30.7 Å². The van der Waals surface area contributed by atoms with Crippen LogP contribution < -0.4 is 45.4 Å². The molecule has 0 heterocycles. The van der Waals surface area contributed by atoms with Gasteiger partial charge in [-0.1, -0.05) is 164 Å². The Morgan fingerprint density at radius 1 is 0.336 bits per heavy atom. The molecule has 15 aromatic rings. The first-order chi connectivity index (χ1) is 54.5. The maximum Gasteiger partial charge on any atom is 0.490 e. The highest BCUT2D eigenvalue weighted by atomic mass is 35.7. The molecule has 15 aromatic carbocycles. The normalized spacial score (nSPS) is 14.2. The molecule has 29 heteroatoms. The fourth-order valence-electron chi connectivity index (χ4n) is 14.1. The van der Waals surface area contributed by atoms with E-state index in [0.717, 1.165) is 0 Å². The first-order valence-corrected chi connectivity index (χ1v) is 49.9. The summed E-state index contributed by atoms with van der Waals surface area (Å²) in [6.45, 7) is -3.77. The first kappa shape index (κ1) is 79.2. The summed E-state index contributed by atoms with van der Waals surface area (Å²) in [4.78, 5) is 39.5. The van der Waals surface area contributed by atoms with Crippen LogP contribution in [0.4, 0.5) is 0 Å². The standard InChI is InChI=1S/C84H75Cl3N12O6P4S4/c1-97(106(85,110)94-91-76(100)19-7-10-58-28-31-67-37-34-61-13-4-16-64-40-49-73(58)82(67)79(61)64)88-52-55-22-43-70(44-23-55)103-109(113,104-71-45-24-56(25-46-71)53-89-98(2)107(86,111)95-92-77(101)20-8-11-59-29-32-68-38-35-62-14-5-17-65-41-50-74(59)83(68)80(62)65)105-72-47-26-57(27-48-72)54-90-99(3)108(87,112)96-93-78(102)21-9-12-60-30-33-69-39-36-63-15-6-18-66-42-51-75(60)84(69)81(63)66/h4-6,13-18,22-54H,7-12,19-21H2,1-3H3,(H,91,100)(H,92,101)(H,93,102)(H,94,110)(H,95,111)(H,96,112)/b88-52+,89-53+,90-54+. The van der Waals surface area contributed by atoms with Gasteiger partial charge in [0, 0.05) is 52.2 Å². The van der Waals surface area contributed by atoms with Crippen LogP contribution in [0.2, 0.25) is 0 Å². The first-order valence-electron chi connectivity index (χ1n) is 36.4. The Kier molecular flexibility index (Phi) is 24.0. The summed E-state index contributed by atoms with van der Waals surface area (Å²) in [6.07, 6.45) is 9.47. The molecular formula is C84H75Cl3N12O6P4S4. The molecule has 0 saturated heterocycles. The van der Waals surface area contributed by atoms with Gasteiger partial charge in [0.05, 0.1) is 18.6 Å². The smallest absolute Gasteiger partial charge is 0.407 e. The number of aryl methyl sites for hydroxylation is 3. The molecule has 6 N–H and O–H groups in total. The van der Waals surface area contributed by atoms with Crippen molar-refractivity contribution in [1.29, 1.82) is 0 Å². The molecule has 18 nitrogen and oxygen atoms in total. The quantitative estimate of drug-likeness (QED) is 0.00982. The van der Waals surface area contributed by atoms with E-state index in [2.05, 4.69) is 211 Å². The Morgan fingerprint density at radius 2 is 0.566 bits per heavy atom. The predicted molar refractivity (Wildman–Crippen MR) is 485 cm³/mol. The lowest BCUT2D eigenvalue weighted by Crippen LogP contribution is -2.36. The van der Waals surface area contributed by atoms with E-state index in [1.54, 1.807) is 113 Å². The van der Waals surface area contributed by atoms with Gasteiger partial charge in [-0.2, -0.15) is 30.9 Å². The Balaban J connectivity index is 0.556. The van der Waals surface area contributed by atoms with Crippen molar-refractivity contribution in [2.24, 2.45) is 15.3 Å². The molecule has 3 unspecified atom stereocenters. The van der Waals surface area contributed by atoms with Crippen molar-refractivity contribution < 1.29 is 28.0 Å². The van der Waals surface area contributed by atoms with Crippen LogP contribution in [0, 0.1) is 0 Å². The summed E-state index contributed by atoms with van der Waals surface area (Å²) in [6, 6.07) is 78.8. The average molecular weight is 1710 g/mol. The maximum absolute atomic E-state index is 13.2. The number of nitrogens with one attached hydrogen (secondary N) is 6. The molecule has 3 amide bonds. The molecule has 15 rings (SSSR count). The van der Waals surface area contributed by atoms with E-state index in [1.807, 2.05) is 0 Å². The van der Waals surface area contributed by atoms with Gasteiger partial charge in [0.15, 0.2) is 0 Å². The van der Waals surface area contributed by atoms with E-state index in [0.29, 0.717) is 72.5 Å². The number of benzene rings is 15. The molecule has 0 aromatic heterocycles. The maximum atomic E-state index is 13.2. The third kappa shape index (κ3) is 18.2. The summed E-state index contributed by atoms with van der Waals surface area (Å²) in [5.74, 6) is 0.243. The van der Waals surface area contributed by atoms with Gasteiger partial charge >= 0.3 is 6.72 Å². The lowest BCUT2D eigenvalue weighted by molar-refractivity contribution is -0.122. The fourth-order valence-corrected chi connectivity index (χ4v) is 19.4. The number of hydrogen-bond acceptors (Lipinski definition) is 13. The Morgan fingerprint density at radius 3 is 0.823 bits per heavy atom. The number of hydrazone groups is 3. The van der Waals surface area contributed by atoms with Gasteiger partial charge in [-0.25, -0.2) is 14.3 Å². The highest BCUT2D eigenvalue weighted by molar-refractivity contribution is 8.25. The molecule has 0 fully saturated rings. The minimum Gasteiger partial charge on any atom is -0.407 e. The number of rotatable bonds is 33. The summed E-state index contributed by atoms with van der Waals surface area (Å²) in [5, 5.41) is 44.1. The van der Waals surface area contributed by atoms with Crippen molar-refractivity contribution in [3.05, 3.63) is 270 Å². The van der Waals surface area contributed by atoms with Crippen molar-refractivity contribution in [2.45, 2.75) is 57.8 Å². The molecule has 3 atom stereocenters. The lowest BCUT2D eigenvalue weighted by Gasteiger charge is -2.24. The molecule has 0 bridgehead atoms. The Labute approximate surface area is 688 Å². The van der Waals surface area contributed by atoms with Crippen molar-refractivity contribution in [2.75, 3.05) is 21.1 Å². The number of amides is 3. The highest BCUT2D eigenvalue weighted by Crippen LogP contribution is 2.53. The van der Waals surface area contributed by atoms with Crippen LogP contribution >= 0.6 is 57.5 Å². The SMILES string of the molecule is CN(/N=C/c1ccc(OP(=S)(Oc2ccc(/C=N/N(C)P(=S)(Cl)NNC(=O)CCCc3ccc4ccc5cccc6ccc3c4c56)cc2)Oc2ccc(/C=N/N(C)P(=S)(Cl)NNC(=O)CCCc3ccc4ccc5cccc6ccc3c4c56)cc2)cc1)P(=S)(Cl)NNC(=O)CCCc1ccc2ccc3cccc4ccc1c2c34. The van der Waals surface area contributed by atoms with E-state index in [-0.39, 0.29) is 37.0 Å². The van der Waals surface area contributed by atoms with E-state index in [4.69, 9.17) is 94.5 Å². The van der Waals surface area contributed by atoms with Gasteiger partial charge in [0.1, 0.15) is 17.2 Å². The van der Waals surface area contributed by atoms with Crippen LogP contribution in [0.3, 0.4) is 0 Å². The largest absolute Gasteiger partial charge is 0.490 e. The zero-order chi connectivity index (χ0) is 78.6. The lowest BCUT2D eigenvalue weighted by atomic mass is 9.90. The predicted octanol–water partition coefficient (Wildman–Crippen LogP) is 21.3. The van der Waals surface area contributed by atoms with Gasteiger partial charge in [-0.15, -0.1) is 0 Å². The fraction of sp³-hybridized carbons (Fsp3) is 0.143. The summed E-state index contributed by atoms with van der Waals surface area (Å²) in [5.41, 5.74) is 4.38. The molecule has 0 spiro atoms. The summed E-state index contributed by atoms with van der Waals surface area (Å²) >= 11 is 43.9. The number of hydrogen-bond donors (Lipinski definition) is 6. The van der Waals surface area contributed by atoms with Crippen molar-refractivity contribution in [1.82, 2.24) is 46.2 Å². The minimum atomic E-state index is -3.77. The van der Waals surface area contributed by atoms with Crippen LogP contribution in [-0.2, 0) is 80.9 Å². The third-order valence-corrected chi connectivity index (χ3v) is 31.3. The van der Waals surface area contributed by atoms with Crippen molar-refractivity contribution >= 4 is 238 Å². The molecule has 113 heavy (non-hydrogen) atoms. The topological polar surface area (TPSA) is 198 Å². The molecule has 572 valence electrons. The van der Waals surface area contributed by atoms with Gasteiger partial charge < -0.3 is 13.6 Å². The second-order valence-corrected chi connectivity index (χ2v) is 46.6. The van der Waals surface area contributed by atoms with E-state index >= 15 is 0 Å². The highest BCUT2D eigenvalue weighted by Gasteiger charge is 2.29. The average Bonchev–Trinajstić information content (AvgIpc) is 0.752. The number of carbonyl (C=O) groups is 3. The monoisotopic (exact) mass is 1700 g/mol. The van der Waals surface area contributed by atoms with E-state index in [9.17, 15) is 14.4 Å². The van der Waals surface area contributed by atoms with Gasteiger partial charge in [0.25, 0.3) is 0 Å². The minimum absolute atomic E-state index is 0.244.